The van der Waals surface area contributed by atoms with Crippen molar-refractivity contribution in [3.63, 3.8) is 0 Å². The molecule has 0 saturated carbocycles. The van der Waals surface area contributed by atoms with E-state index in [1.54, 1.807) is 0 Å². The number of hydrogen-bond donors (Lipinski definition) is 2. The van der Waals surface area contributed by atoms with E-state index >= 15 is 0 Å². The van der Waals surface area contributed by atoms with Crippen LogP contribution in [0.25, 0.3) is 0 Å². The van der Waals surface area contributed by atoms with E-state index in [0.717, 1.165) is 69.5 Å². The zero-order valence-corrected chi connectivity index (χ0v) is 21.2. The van der Waals surface area contributed by atoms with Crippen LogP contribution >= 0.6 is 0 Å². The normalized spacial score (nSPS) is 19.9. The number of pyridine rings is 1. The first-order valence-electron chi connectivity index (χ1n) is 13.4. The molecule has 2 aliphatic heterocycles. The van der Waals surface area contributed by atoms with Crippen LogP contribution in [0.4, 0.5) is 5.82 Å². The minimum atomic E-state index is -0.759. The van der Waals surface area contributed by atoms with Gasteiger partial charge in [-0.15, -0.1) is 0 Å². The number of anilines is 1. The van der Waals surface area contributed by atoms with Crippen LogP contribution in [0.2, 0.25) is 0 Å². The molecule has 0 spiro atoms. The summed E-state index contributed by atoms with van der Waals surface area (Å²) in [5, 5.41) is 13.5. The molecule has 5 rings (SSSR count). The first-order chi connectivity index (χ1) is 16.9. The number of nitrogens with one attached hydrogen (secondary N) is 1. The van der Waals surface area contributed by atoms with Crippen LogP contribution in [0.1, 0.15) is 79.9 Å². The van der Waals surface area contributed by atoms with Crippen molar-refractivity contribution in [3.05, 3.63) is 58.3 Å². The molecular weight excluding hydrogens is 438 g/mol. The van der Waals surface area contributed by atoms with Gasteiger partial charge in [-0.25, -0.2) is 4.98 Å². The fourth-order valence-corrected chi connectivity index (χ4v) is 6.07. The molecule has 6 nitrogen and oxygen atoms in total. The molecule has 3 heterocycles. The number of ether oxygens (including phenoxy) is 1. The number of benzene rings is 1. The Morgan fingerprint density at radius 3 is 2.86 bits per heavy atom. The molecule has 6 heteroatoms. The highest BCUT2D eigenvalue weighted by Crippen LogP contribution is 2.44. The highest BCUT2D eigenvalue weighted by atomic mass is 16.5. The van der Waals surface area contributed by atoms with Gasteiger partial charge in [0.05, 0.1) is 6.10 Å². The Morgan fingerprint density at radius 1 is 1.17 bits per heavy atom. The maximum absolute atomic E-state index is 12.3. The second-order valence-electron chi connectivity index (χ2n) is 11.1. The summed E-state index contributed by atoms with van der Waals surface area (Å²) in [6, 6.07) is 10.0. The Labute approximate surface area is 209 Å². The third-order valence-electron chi connectivity index (χ3n) is 8.03. The van der Waals surface area contributed by atoms with Crippen LogP contribution in [-0.4, -0.2) is 53.3 Å². The summed E-state index contributed by atoms with van der Waals surface area (Å²) in [4.78, 5) is 19.1. The molecule has 1 aliphatic carbocycles. The van der Waals surface area contributed by atoms with Gasteiger partial charge in [0.1, 0.15) is 11.9 Å². The average molecular weight is 478 g/mol. The van der Waals surface area contributed by atoms with Crippen LogP contribution in [-0.2, 0) is 34.2 Å². The molecule has 1 aromatic carbocycles. The molecule has 188 valence electrons. The summed E-state index contributed by atoms with van der Waals surface area (Å²) in [5.74, 6) is 0.320. The second kappa shape index (κ2) is 10.3. The first kappa shape index (κ1) is 24.3. The Kier molecular flexibility index (Phi) is 7.12. The summed E-state index contributed by atoms with van der Waals surface area (Å²) < 4.78 is 6.07. The number of aryl methyl sites for hydroxylation is 3. The fourth-order valence-electron chi connectivity index (χ4n) is 6.07. The van der Waals surface area contributed by atoms with Gasteiger partial charge in [0.25, 0.3) is 0 Å². The number of nitrogens with zero attached hydrogens (tertiary/aromatic N) is 2. The van der Waals surface area contributed by atoms with Gasteiger partial charge in [0, 0.05) is 31.9 Å². The Hall–Kier alpha value is -2.44. The number of unbranched alkanes of at least 4 members (excludes halogenated alkanes) is 2. The van der Waals surface area contributed by atoms with Gasteiger partial charge in [-0.05, 0) is 78.7 Å². The van der Waals surface area contributed by atoms with Crippen LogP contribution in [0.5, 0.6) is 0 Å². The summed E-state index contributed by atoms with van der Waals surface area (Å²) in [6.07, 6.45) is 8.83. The number of carbonyl (C=O) groups is 1. The number of likely N-dealkylation sites (tertiary alicyclic amines) is 1. The zero-order chi connectivity index (χ0) is 24.4. The van der Waals surface area contributed by atoms with Gasteiger partial charge in [-0.3, -0.25) is 9.69 Å². The van der Waals surface area contributed by atoms with E-state index in [2.05, 4.69) is 42.3 Å². The lowest BCUT2D eigenvalue weighted by Gasteiger charge is -2.43. The number of carboxylic acid groups (broad SMARTS) is 1. The Bertz CT molecular complexity index is 1060. The number of aromatic nitrogens is 1. The first-order valence-corrected chi connectivity index (χ1v) is 13.4. The number of rotatable bonds is 10. The molecule has 1 atom stereocenters. The minimum Gasteiger partial charge on any atom is -0.480 e. The monoisotopic (exact) mass is 477 g/mol. The standard InChI is InChI=1S/C29H39N3O3/c1-29(2)15-14-20-8-6-11-24(25(20)29)26(28(33)34)32-18-23(19-32)35-17-5-3-4-10-22-13-12-21-9-7-16-30-27(21)31-22/h6,8,11-13,23,26H,3-5,7,9-10,14-19H2,1-2H3,(H,30,31)(H,33,34). The third kappa shape index (κ3) is 5.24. The van der Waals surface area contributed by atoms with Crippen molar-refractivity contribution < 1.29 is 14.6 Å². The molecular formula is C29H39N3O3. The van der Waals surface area contributed by atoms with Crippen molar-refractivity contribution in [1.82, 2.24) is 9.88 Å². The molecule has 0 amide bonds. The van der Waals surface area contributed by atoms with E-state index in [4.69, 9.17) is 9.72 Å². The number of carboxylic acids is 1. The van der Waals surface area contributed by atoms with E-state index in [1.165, 1.54) is 28.8 Å². The molecule has 0 radical (unpaired) electrons. The van der Waals surface area contributed by atoms with Crippen molar-refractivity contribution in [1.29, 1.82) is 0 Å². The van der Waals surface area contributed by atoms with Gasteiger partial charge in [-0.1, -0.05) is 44.5 Å². The smallest absolute Gasteiger partial charge is 0.325 e. The Morgan fingerprint density at radius 2 is 2.03 bits per heavy atom. The summed E-state index contributed by atoms with van der Waals surface area (Å²) in [5.41, 5.74) is 6.08. The molecule has 1 unspecified atom stereocenters. The van der Waals surface area contributed by atoms with Gasteiger partial charge in [-0.2, -0.15) is 0 Å². The number of fused-ring (bicyclic) bond motifs is 2. The molecule has 0 bridgehead atoms. The predicted molar refractivity (Wildman–Crippen MR) is 138 cm³/mol. The molecule has 1 saturated heterocycles. The topological polar surface area (TPSA) is 74.7 Å². The maximum atomic E-state index is 12.3. The SMILES string of the molecule is CC1(C)CCc2cccc(C(C(=O)O)N3CC(OCCCCCc4ccc5c(n4)NCCC5)C3)c21. The van der Waals surface area contributed by atoms with Gasteiger partial charge >= 0.3 is 5.97 Å². The molecule has 1 fully saturated rings. The van der Waals surface area contributed by atoms with Crippen molar-refractivity contribution in [3.8, 4) is 0 Å². The summed E-state index contributed by atoms with van der Waals surface area (Å²) in [7, 11) is 0. The van der Waals surface area contributed by atoms with E-state index in [0.29, 0.717) is 13.1 Å². The predicted octanol–water partition coefficient (Wildman–Crippen LogP) is 4.90. The third-order valence-corrected chi connectivity index (χ3v) is 8.03. The van der Waals surface area contributed by atoms with Crippen molar-refractivity contribution >= 4 is 11.8 Å². The lowest BCUT2D eigenvalue weighted by molar-refractivity contribution is -0.151. The van der Waals surface area contributed by atoms with Crippen LogP contribution in [0.3, 0.4) is 0 Å². The van der Waals surface area contributed by atoms with Crippen molar-refractivity contribution in [2.24, 2.45) is 0 Å². The van der Waals surface area contributed by atoms with E-state index in [9.17, 15) is 9.90 Å². The largest absolute Gasteiger partial charge is 0.480 e. The van der Waals surface area contributed by atoms with Gasteiger partial charge < -0.3 is 15.2 Å². The molecule has 3 aliphatic rings. The molecule has 2 aromatic rings. The van der Waals surface area contributed by atoms with E-state index in [1.807, 2.05) is 12.1 Å². The lowest BCUT2D eigenvalue weighted by Crippen LogP contribution is -2.55. The molecule has 35 heavy (non-hydrogen) atoms. The number of hydrogen-bond acceptors (Lipinski definition) is 5. The zero-order valence-electron chi connectivity index (χ0n) is 21.2. The number of aliphatic carboxylic acids is 1. The van der Waals surface area contributed by atoms with E-state index in [-0.39, 0.29) is 11.5 Å². The summed E-state index contributed by atoms with van der Waals surface area (Å²) >= 11 is 0. The fraction of sp³-hybridized carbons (Fsp3) is 0.586. The van der Waals surface area contributed by atoms with Crippen molar-refractivity contribution in [2.45, 2.75) is 82.8 Å². The Balaban J connectivity index is 1.05. The van der Waals surface area contributed by atoms with Crippen LogP contribution < -0.4 is 5.32 Å². The van der Waals surface area contributed by atoms with Crippen molar-refractivity contribution in [2.75, 3.05) is 31.6 Å². The average Bonchev–Trinajstić information content (AvgIpc) is 3.14. The second-order valence-corrected chi connectivity index (χ2v) is 11.1. The van der Waals surface area contributed by atoms with Gasteiger partial charge in [0.15, 0.2) is 0 Å². The summed E-state index contributed by atoms with van der Waals surface area (Å²) in [6.45, 7) is 7.62. The molecule has 2 N–H and O–H groups in total. The van der Waals surface area contributed by atoms with E-state index < -0.39 is 12.0 Å². The quantitative estimate of drug-likeness (QED) is 0.474. The highest BCUT2D eigenvalue weighted by molar-refractivity contribution is 5.77. The van der Waals surface area contributed by atoms with Crippen LogP contribution in [0.15, 0.2) is 30.3 Å². The maximum Gasteiger partial charge on any atom is 0.325 e. The molecule has 1 aromatic heterocycles. The van der Waals surface area contributed by atoms with Gasteiger partial charge in [0.2, 0.25) is 0 Å². The van der Waals surface area contributed by atoms with Crippen LogP contribution in [0, 0.1) is 0 Å². The highest BCUT2D eigenvalue weighted by Gasteiger charge is 2.42. The minimum absolute atomic E-state index is 0.0333. The lowest BCUT2D eigenvalue weighted by atomic mass is 9.81.